The molecule has 0 spiro atoms. The van der Waals surface area contributed by atoms with Crippen molar-refractivity contribution in [2.45, 2.75) is 24.8 Å². The number of nitrogens with zero attached hydrogens (tertiary/aromatic N) is 3. The number of aromatic nitrogens is 4. The van der Waals surface area contributed by atoms with Gasteiger partial charge in [0.15, 0.2) is 0 Å². The van der Waals surface area contributed by atoms with E-state index in [0.29, 0.717) is 34.1 Å². The summed E-state index contributed by atoms with van der Waals surface area (Å²) in [4.78, 5) is 29.9. The number of carbonyl (C=O) groups is 1. The Labute approximate surface area is 209 Å². The van der Waals surface area contributed by atoms with Gasteiger partial charge in [0.05, 0.1) is 26.2 Å². The van der Waals surface area contributed by atoms with Crippen LogP contribution in [-0.4, -0.2) is 36.3 Å². The number of carbonyl (C=O) groups excluding carboxylic acids is 1. The van der Waals surface area contributed by atoms with E-state index in [0.717, 1.165) is 38.8 Å². The van der Waals surface area contributed by atoms with Crippen LogP contribution in [0.5, 0.6) is 0 Å². The van der Waals surface area contributed by atoms with Crippen molar-refractivity contribution in [1.82, 2.24) is 25.3 Å². The number of hydrogen-bond donors (Lipinski definition) is 2. The van der Waals surface area contributed by atoms with Gasteiger partial charge < -0.3 is 10.3 Å². The molecule has 0 aliphatic heterocycles. The Bertz CT molecular complexity index is 1610. The summed E-state index contributed by atoms with van der Waals surface area (Å²) in [5.41, 5.74) is 5.41. The lowest BCUT2D eigenvalue weighted by molar-refractivity contribution is 0.0950. The normalized spacial score (nSPS) is 12.2. The number of nitrogens with one attached hydrogen (secondary N) is 2. The van der Waals surface area contributed by atoms with Gasteiger partial charge in [-0.3, -0.25) is 19.0 Å². The molecule has 7 nitrogen and oxygen atoms in total. The van der Waals surface area contributed by atoms with E-state index in [-0.39, 0.29) is 5.91 Å². The molecule has 0 aliphatic carbocycles. The zero-order valence-electron chi connectivity index (χ0n) is 19.1. The number of pyridine rings is 3. The number of amides is 1. The Morgan fingerprint density at radius 3 is 2.80 bits per heavy atom. The predicted octanol–water partition coefficient (Wildman–Crippen LogP) is 4.73. The van der Waals surface area contributed by atoms with Crippen LogP contribution in [-0.2, 0) is 23.8 Å². The molecule has 5 rings (SSSR count). The molecule has 1 aromatic carbocycles. The SMILES string of the molecule is Cc1ccc2cc(Cc3cc(C(=O)NCc4cnc5[nH]cc(Cl)c5c4)ccn3)cc(S(C)=O)c2n1. The van der Waals surface area contributed by atoms with E-state index in [4.69, 9.17) is 11.6 Å². The topological polar surface area (TPSA) is 101 Å². The van der Waals surface area contributed by atoms with E-state index in [1.807, 2.05) is 37.3 Å². The number of rotatable bonds is 6. The minimum atomic E-state index is -1.18. The summed E-state index contributed by atoms with van der Waals surface area (Å²) in [5, 5.41) is 5.27. The zero-order valence-corrected chi connectivity index (χ0v) is 20.7. The van der Waals surface area contributed by atoms with E-state index in [2.05, 4.69) is 25.3 Å². The van der Waals surface area contributed by atoms with Gasteiger partial charge in [-0.05, 0) is 54.4 Å². The van der Waals surface area contributed by atoms with Gasteiger partial charge in [-0.25, -0.2) is 4.98 Å². The van der Waals surface area contributed by atoms with Crippen LogP contribution >= 0.6 is 11.6 Å². The average molecular weight is 504 g/mol. The maximum absolute atomic E-state index is 12.8. The Balaban J connectivity index is 1.34. The van der Waals surface area contributed by atoms with Crippen molar-refractivity contribution >= 4 is 50.2 Å². The second-order valence-corrected chi connectivity index (χ2v) is 10.1. The highest BCUT2D eigenvalue weighted by Crippen LogP contribution is 2.24. The summed E-state index contributed by atoms with van der Waals surface area (Å²) < 4.78 is 12.4. The van der Waals surface area contributed by atoms with E-state index in [1.54, 1.807) is 37.0 Å². The fraction of sp³-hybridized carbons (Fsp3) is 0.154. The van der Waals surface area contributed by atoms with Gasteiger partial charge >= 0.3 is 0 Å². The van der Waals surface area contributed by atoms with Crippen LogP contribution in [0, 0.1) is 6.92 Å². The summed E-state index contributed by atoms with van der Waals surface area (Å²) in [7, 11) is -1.18. The van der Waals surface area contributed by atoms with Gasteiger partial charge in [-0.15, -0.1) is 0 Å². The third-order valence-electron chi connectivity index (χ3n) is 5.72. The number of aromatic amines is 1. The van der Waals surface area contributed by atoms with Gasteiger partial charge in [-0.1, -0.05) is 17.7 Å². The monoisotopic (exact) mass is 503 g/mol. The lowest BCUT2D eigenvalue weighted by Crippen LogP contribution is -2.23. The highest BCUT2D eigenvalue weighted by molar-refractivity contribution is 7.84. The molecule has 1 amide bonds. The molecule has 0 aliphatic rings. The minimum absolute atomic E-state index is 0.206. The first-order valence-corrected chi connectivity index (χ1v) is 12.9. The summed E-state index contributed by atoms with van der Waals surface area (Å²) in [5.74, 6) is -0.206. The van der Waals surface area contributed by atoms with E-state index >= 15 is 0 Å². The minimum Gasteiger partial charge on any atom is -0.348 e. The highest BCUT2D eigenvalue weighted by atomic mass is 35.5. The molecule has 0 saturated heterocycles. The largest absolute Gasteiger partial charge is 0.348 e. The van der Waals surface area contributed by atoms with Crippen molar-refractivity contribution in [3.05, 3.63) is 94.2 Å². The lowest BCUT2D eigenvalue weighted by Gasteiger charge is -2.10. The van der Waals surface area contributed by atoms with Crippen LogP contribution in [0.25, 0.3) is 21.9 Å². The number of fused-ring (bicyclic) bond motifs is 2. The second-order valence-electron chi connectivity index (χ2n) is 8.34. The second kappa shape index (κ2) is 9.56. The number of halogens is 1. The molecular formula is C26H22ClN5O2S. The molecule has 9 heteroatoms. The first-order valence-electron chi connectivity index (χ1n) is 11.0. The average Bonchev–Trinajstić information content (AvgIpc) is 3.22. The van der Waals surface area contributed by atoms with Gasteiger partial charge in [0.2, 0.25) is 0 Å². The summed E-state index contributed by atoms with van der Waals surface area (Å²) in [6.45, 7) is 2.24. The third kappa shape index (κ3) is 4.94. The van der Waals surface area contributed by atoms with E-state index in [1.165, 1.54) is 0 Å². The molecule has 2 N–H and O–H groups in total. The number of hydrogen-bond acceptors (Lipinski definition) is 5. The maximum atomic E-state index is 12.8. The molecular weight excluding hydrogens is 482 g/mol. The van der Waals surface area contributed by atoms with E-state index < -0.39 is 10.8 Å². The first kappa shape index (κ1) is 23.1. The van der Waals surface area contributed by atoms with E-state index in [9.17, 15) is 9.00 Å². The predicted molar refractivity (Wildman–Crippen MR) is 138 cm³/mol. The molecule has 4 heterocycles. The van der Waals surface area contributed by atoms with Crippen LogP contribution in [0.15, 0.2) is 66.0 Å². The van der Waals surface area contributed by atoms with Crippen molar-refractivity contribution in [2.24, 2.45) is 0 Å². The number of H-pyrrole nitrogens is 1. The molecule has 0 radical (unpaired) electrons. The van der Waals surface area contributed by atoms with Crippen LogP contribution in [0.3, 0.4) is 0 Å². The van der Waals surface area contributed by atoms with Crippen molar-refractivity contribution in [3.8, 4) is 0 Å². The summed E-state index contributed by atoms with van der Waals surface area (Å²) in [6, 6.07) is 13.2. The molecule has 4 aromatic heterocycles. The van der Waals surface area contributed by atoms with Crippen molar-refractivity contribution in [1.29, 1.82) is 0 Å². The zero-order chi connectivity index (χ0) is 24.5. The highest BCUT2D eigenvalue weighted by Gasteiger charge is 2.12. The maximum Gasteiger partial charge on any atom is 0.251 e. The Kier molecular flexibility index (Phi) is 6.32. The lowest BCUT2D eigenvalue weighted by atomic mass is 10.0. The quantitative estimate of drug-likeness (QED) is 0.349. The fourth-order valence-electron chi connectivity index (χ4n) is 4.00. The molecule has 0 bridgehead atoms. The molecule has 0 saturated carbocycles. The van der Waals surface area contributed by atoms with Gasteiger partial charge in [0.1, 0.15) is 5.65 Å². The van der Waals surface area contributed by atoms with Crippen molar-refractivity contribution in [2.75, 3.05) is 6.26 Å². The van der Waals surface area contributed by atoms with Gasteiger partial charge in [0.25, 0.3) is 5.91 Å². The van der Waals surface area contributed by atoms with Gasteiger partial charge in [-0.2, -0.15) is 0 Å². The molecule has 176 valence electrons. The molecule has 35 heavy (non-hydrogen) atoms. The Morgan fingerprint density at radius 2 is 1.97 bits per heavy atom. The van der Waals surface area contributed by atoms with Crippen molar-refractivity contribution in [3.63, 3.8) is 0 Å². The fourth-order valence-corrected chi connectivity index (χ4v) is 4.95. The Morgan fingerprint density at radius 1 is 1.11 bits per heavy atom. The molecule has 1 atom stereocenters. The third-order valence-corrected chi connectivity index (χ3v) is 6.96. The first-order chi connectivity index (χ1) is 16.9. The molecule has 5 aromatic rings. The van der Waals surface area contributed by atoms with Crippen molar-refractivity contribution < 1.29 is 9.00 Å². The van der Waals surface area contributed by atoms with Crippen LogP contribution in [0.1, 0.15) is 32.9 Å². The van der Waals surface area contributed by atoms with Crippen LogP contribution < -0.4 is 5.32 Å². The van der Waals surface area contributed by atoms with Crippen LogP contribution in [0.2, 0.25) is 5.02 Å². The molecule has 0 fully saturated rings. The molecule has 1 unspecified atom stereocenters. The summed E-state index contributed by atoms with van der Waals surface area (Å²) >= 11 is 6.17. The smallest absolute Gasteiger partial charge is 0.251 e. The number of benzene rings is 1. The van der Waals surface area contributed by atoms with Gasteiger partial charge in [0, 0.05) is 65.5 Å². The Hall–Kier alpha value is -3.62. The standard InChI is InChI=1S/C26H22ClN5O2S/c1-15-3-4-18-7-16(10-23(35(2)34)24(18)32-15)8-20-11-19(5-6-28-20)26(33)31-13-17-9-21-22(27)14-30-25(21)29-12-17/h3-7,9-12,14H,8,13H2,1-2H3,(H,29,30)(H,31,33). The summed E-state index contributed by atoms with van der Waals surface area (Å²) in [6.07, 6.45) is 7.18. The van der Waals surface area contributed by atoms with Crippen LogP contribution in [0.4, 0.5) is 0 Å². The number of aryl methyl sites for hydroxylation is 1.